The Bertz CT molecular complexity index is 342. The van der Waals surface area contributed by atoms with Gasteiger partial charge in [0.1, 0.15) is 6.04 Å². The lowest BCUT2D eigenvalue weighted by molar-refractivity contribution is -0.139. The van der Waals surface area contributed by atoms with Gasteiger partial charge in [0.25, 0.3) is 0 Å². The highest BCUT2D eigenvalue weighted by Crippen LogP contribution is 2.17. The van der Waals surface area contributed by atoms with Crippen molar-refractivity contribution in [1.82, 2.24) is 10.6 Å². The van der Waals surface area contributed by atoms with Crippen LogP contribution >= 0.6 is 0 Å². The number of carbonyl (C=O) groups is 3. The number of nitrogens with two attached hydrogens (primary N) is 1. The first-order valence-corrected chi connectivity index (χ1v) is 6.23. The summed E-state index contributed by atoms with van der Waals surface area (Å²) < 4.78 is 0. The molecule has 0 aliphatic heterocycles. The number of hydrogen-bond donors (Lipinski definition) is 4. The Balaban J connectivity index is 4.25. The first-order chi connectivity index (χ1) is 8.68. The second-order valence-corrected chi connectivity index (χ2v) is 5.24. The molecule has 5 N–H and O–H groups in total. The van der Waals surface area contributed by atoms with Crippen LogP contribution in [0.4, 0.5) is 4.79 Å². The molecular weight excluding hydrogens is 250 g/mol. The molecule has 0 radical (unpaired) electrons. The number of carboxylic acids is 1. The zero-order chi connectivity index (χ0) is 15.1. The molecular formula is C12H23N3O4. The van der Waals surface area contributed by atoms with Gasteiger partial charge in [-0.05, 0) is 18.3 Å². The molecule has 0 aliphatic rings. The number of rotatable bonds is 8. The zero-order valence-electron chi connectivity index (χ0n) is 11.7. The summed E-state index contributed by atoms with van der Waals surface area (Å²) in [5.74, 6) is -1.79. The van der Waals surface area contributed by atoms with Crippen LogP contribution in [0.5, 0.6) is 0 Å². The van der Waals surface area contributed by atoms with Crippen LogP contribution < -0.4 is 16.4 Å². The highest BCUT2D eigenvalue weighted by molar-refractivity contribution is 5.83. The van der Waals surface area contributed by atoms with Gasteiger partial charge in [-0.1, -0.05) is 20.8 Å². The van der Waals surface area contributed by atoms with Crippen LogP contribution in [-0.4, -0.2) is 35.6 Å². The molecule has 19 heavy (non-hydrogen) atoms. The lowest BCUT2D eigenvalue weighted by Crippen LogP contribution is -2.48. The fourth-order valence-corrected chi connectivity index (χ4v) is 1.20. The van der Waals surface area contributed by atoms with Crippen molar-refractivity contribution >= 4 is 17.9 Å². The van der Waals surface area contributed by atoms with Crippen LogP contribution in [0.25, 0.3) is 0 Å². The van der Waals surface area contributed by atoms with Crippen molar-refractivity contribution in [2.75, 3.05) is 6.54 Å². The highest BCUT2D eigenvalue weighted by Gasteiger charge is 2.22. The molecule has 0 heterocycles. The maximum atomic E-state index is 11.6. The number of carbonyl (C=O) groups excluding carboxylic acids is 2. The molecule has 0 aromatic carbocycles. The lowest BCUT2D eigenvalue weighted by Gasteiger charge is -2.23. The van der Waals surface area contributed by atoms with Crippen LogP contribution in [0.3, 0.4) is 0 Å². The van der Waals surface area contributed by atoms with Crippen molar-refractivity contribution < 1.29 is 19.5 Å². The van der Waals surface area contributed by atoms with Gasteiger partial charge in [0.2, 0.25) is 5.91 Å². The van der Waals surface area contributed by atoms with Crippen molar-refractivity contribution in [3.05, 3.63) is 0 Å². The Hall–Kier alpha value is -1.79. The average Bonchev–Trinajstić information content (AvgIpc) is 2.31. The second kappa shape index (κ2) is 7.60. The number of amides is 3. The fourth-order valence-electron chi connectivity index (χ4n) is 1.20. The average molecular weight is 273 g/mol. The summed E-state index contributed by atoms with van der Waals surface area (Å²) in [5, 5.41) is 13.8. The third-order valence-electron chi connectivity index (χ3n) is 2.97. The number of hydrogen-bond acceptors (Lipinski definition) is 3. The first kappa shape index (κ1) is 17.2. The molecule has 0 fully saturated rings. The van der Waals surface area contributed by atoms with E-state index in [1.807, 2.05) is 20.8 Å². The lowest BCUT2D eigenvalue weighted by atomic mass is 9.90. The molecule has 0 rings (SSSR count). The van der Waals surface area contributed by atoms with Crippen molar-refractivity contribution in [1.29, 1.82) is 0 Å². The third kappa shape index (κ3) is 8.01. The fraction of sp³-hybridized carbons (Fsp3) is 0.750. The summed E-state index contributed by atoms with van der Waals surface area (Å²) in [6.45, 7) is 6.44. The van der Waals surface area contributed by atoms with Gasteiger partial charge < -0.3 is 21.5 Å². The zero-order valence-corrected chi connectivity index (χ0v) is 11.7. The number of urea groups is 1. The summed E-state index contributed by atoms with van der Waals surface area (Å²) >= 11 is 0. The van der Waals surface area contributed by atoms with Crippen molar-refractivity contribution in [2.24, 2.45) is 11.1 Å². The Kier molecular flexibility index (Phi) is 6.89. The van der Waals surface area contributed by atoms with E-state index >= 15 is 0 Å². The molecule has 1 atom stereocenters. The van der Waals surface area contributed by atoms with Gasteiger partial charge >= 0.3 is 12.0 Å². The second-order valence-electron chi connectivity index (χ2n) is 5.24. The van der Waals surface area contributed by atoms with Crippen molar-refractivity contribution in [2.45, 2.75) is 46.1 Å². The third-order valence-corrected chi connectivity index (χ3v) is 2.97. The highest BCUT2D eigenvalue weighted by atomic mass is 16.4. The van der Waals surface area contributed by atoms with E-state index < -0.39 is 23.9 Å². The van der Waals surface area contributed by atoms with Crippen LogP contribution in [0.2, 0.25) is 0 Å². The minimum Gasteiger partial charge on any atom is -0.480 e. The maximum Gasteiger partial charge on any atom is 0.326 e. The molecule has 0 aliphatic carbocycles. The Morgan fingerprint density at radius 3 is 2.32 bits per heavy atom. The Morgan fingerprint density at radius 1 is 1.32 bits per heavy atom. The van der Waals surface area contributed by atoms with Crippen LogP contribution in [-0.2, 0) is 9.59 Å². The van der Waals surface area contributed by atoms with E-state index in [0.717, 1.165) is 6.42 Å². The Morgan fingerprint density at radius 2 is 1.89 bits per heavy atom. The van der Waals surface area contributed by atoms with Crippen LogP contribution in [0.1, 0.15) is 40.0 Å². The molecule has 3 amide bonds. The molecule has 0 aromatic heterocycles. The standard InChI is InChI=1S/C12H23N3O4/c1-4-12(2,3)7-14-11(19)15-8(10(17)18)5-6-9(13)16/h8H,4-7H2,1-3H3,(H2,13,16)(H,17,18)(H2,14,15,19). The van der Waals surface area contributed by atoms with E-state index in [4.69, 9.17) is 10.8 Å². The monoisotopic (exact) mass is 273 g/mol. The predicted octanol–water partition coefficient (Wildman–Crippen LogP) is 0.441. The van der Waals surface area contributed by atoms with E-state index in [9.17, 15) is 14.4 Å². The first-order valence-electron chi connectivity index (χ1n) is 6.23. The summed E-state index contributed by atoms with van der Waals surface area (Å²) in [6.07, 6.45) is 0.782. The van der Waals surface area contributed by atoms with Gasteiger partial charge in [-0.3, -0.25) is 4.79 Å². The quantitative estimate of drug-likeness (QED) is 0.512. The molecule has 7 heteroatoms. The smallest absolute Gasteiger partial charge is 0.326 e. The predicted molar refractivity (Wildman–Crippen MR) is 70.5 cm³/mol. The molecule has 0 spiro atoms. The van der Waals surface area contributed by atoms with E-state index in [0.29, 0.717) is 6.54 Å². The normalized spacial score (nSPS) is 12.6. The van der Waals surface area contributed by atoms with Gasteiger partial charge in [-0.25, -0.2) is 9.59 Å². The summed E-state index contributed by atoms with van der Waals surface area (Å²) in [6, 6.07) is -1.67. The van der Waals surface area contributed by atoms with E-state index in [2.05, 4.69) is 10.6 Å². The molecule has 0 bridgehead atoms. The Labute approximate surface area is 112 Å². The minimum atomic E-state index is -1.19. The summed E-state index contributed by atoms with van der Waals surface area (Å²) in [5.41, 5.74) is 4.89. The van der Waals surface area contributed by atoms with Gasteiger partial charge in [-0.15, -0.1) is 0 Å². The molecule has 0 saturated heterocycles. The van der Waals surface area contributed by atoms with Crippen molar-refractivity contribution in [3.8, 4) is 0 Å². The van der Waals surface area contributed by atoms with Gasteiger partial charge in [0, 0.05) is 13.0 Å². The molecule has 110 valence electrons. The van der Waals surface area contributed by atoms with E-state index in [-0.39, 0.29) is 18.3 Å². The van der Waals surface area contributed by atoms with Gasteiger partial charge in [0.15, 0.2) is 0 Å². The van der Waals surface area contributed by atoms with Crippen molar-refractivity contribution in [3.63, 3.8) is 0 Å². The maximum absolute atomic E-state index is 11.6. The van der Waals surface area contributed by atoms with E-state index in [1.54, 1.807) is 0 Å². The minimum absolute atomic E-state index is 0.0186. The molecule has 0 aromatic rings. The number of carboxylic acid groups (broad SMARTS) is 1. The SMILES string of the molecule is CCC(C)(C)CNC(=O)NC(CCC(N)=O)C(=O)O. The topological polar surface area (TPSA) is 122 Å². The number of primary amides is 1. The van der Waals surface area contributed by atoms with Gasteiger partial charge in [0.05, 0.1) is 0 Å². The summed E-state index contributed by atoms with van der Waals surface area (Å²) in [4.78, 5) is 33.1. The number of aliphatic carboxylic acids is 1. The number of nitrogens with one attached hydrogen (secondary N) is 2. The van der Waals surface area contributed by atoms with Crippen LogP contribution in [0.15, 0.2) is 0 Å². The molecule has 0 saturated carbocycles. The molecule has 1 unspecified atom stereocenters. The van der Waals surface area contributed by atoms with E-state index in [1.165, 1.54) is 0 Å². The largest absolute Gasteiger partial charge is 0.480 e. The molecule has 7 nitrogen and oxygen atoms in total. The summed E-state index contributed by atoms with van der Waals surface area (Å²) in [7, 11) is 0. The van der Waals surface area contributed by atoms with Crippen LogP contribution in [0, 0.1) is 5.41 Å². The van der Waals surface area contributed by atoms with Gasteiger partial charge in [-0.2, -0.15) is 0 Å².